The summed E-state index contributed by atoms with van der Waals surface area (Å²) in [6, 6.07) is -0.511. The van der Waals surface area contributed by atoms with E-state index in [1.807, 2.05) is 12.3 Å². The zero-order valence-corrected chi connectivity index (χ0v) is 12.0. The Labute approximate surface area is 120 Å². The average Bonchev–Trinajstić information content (AvgIpc) is 2.95. The van der Waals surface area contributed by atoms with Crippen molar-refractivity contribution in [3.8, 4) is 0 Å². The molecule has 1 aromatic rings. The van der Waals surface area contributed by atoms with E-state index in [1.165, 1.54) is 0 Å². The molecule has 0 unspecified atom stereocenters. The first-order chi connectivity index (χ1) is 9.56. The van der Waals surface area contributed by atoms with Crippen molar-refractivity contribution in [3.63, 3.8) is 0 Å². The number of aromatic nitrogens is 1. The molecule has 0 spiro atoms. The summed E-state index contributed by atoms with van der Waals surface area (Å²) in [5.41, 5.74) is 1.01. The highest BCUT2D eigenvalue weighted by atomic mass is 32.1. The smallest absolute Gasteiger partial charge is 0.325 e. The molecule has 1 aromatic heterocycles. The molecule has 1 fully saturated rings. The van der Waals surface area contributed by atoms with E-state index in [1.54, 1.807) is 11.3 Å². The minimum absolute atomic E-state index is 0.0322. The van der Waals surface area contributed by atoms with Crippen molar-refractivity contribution in [2.24, 2.45) is 0 Å². The quantitative estimate of drug-likeness (QED) is 0.573. The van der Waals surface area contributed by atoms with Crippen molar-refractivity contribution in [3.05, 3.63) is 16.1 Å². The summed E-state index contributed by atoms with van der Waals surface area (Å²) in [6.45, 7) is 2.19. The first kappa shape index (κ1) is 14.4. The van der Waals surface area contributed by atoms with Crippen LogP contribution in [0.4, 0.5) is 4.79 Å². The number of hydrogen-bond acceptors (Lipinski definition) is 5. The SMILES string of the molecule is Cc1csc(CCCNC(=O)CN2C(=O)CNC2=O)n1. The van der Waals surface area contributed by atoms with Gasteiger partial charge in [0.1, 0.15) is 6.54 Å². The van der Waals surface area contributed by atoms with Gasteiger partial charge in [0.25, 0.3) is 5.91 Å². The largest absolute Gasteiger partial charge is 0.355 e. The van der Waals surface area contributed by atoms with Crippen LogP contribution in [0.2, 0.25) is 0 Å². The molecule has 1 aliphatic rings. The summed E-state index contributed by atoms with van der Waals surface area (Å²) < 4.78 is 0. The Morgan fingerprint density at radius 3 is 2.95 bits per heavy atom. The summed E-state index contributed by atoms with van der Waals surface area (Å²) in [7, 11) is 0. The Balaban J connectivity index is 1.65. The number of urea groups is 1. The summed E-state index contributed by atoms with van der Waals surface area (Å²) in [6.07, 6.45) is 1.58. The number of imide groups is 1. The molecule has 8 heteroatoms. The number of rotatable bonds is 6. The lowest BCUT2D eigenvalue weighted by Crippen LogP contribution is -2.41. The lowest BCUT2D eigenvalue weighted by molar-refractivity contribution is -0.130. The maximum atomic E-state index is 11.6. The van der Waals surface area contributed by atoms with Gasteiger partial charge in [-0.1, -0.05) is 0 Å². The van der Waals surface area contributed by atoms with E-state index in [0.717, 1.165) is 28.4 Å². The molecule has 1 saturated heterocycles. The topological polar surface area (TPSA) is 91.4 Å². The number of nitrogens with zero attached hydrogens (tertiary/aromatic N) is 2. The van der Waals surface area contributed by atoms with Gasteiger partial charge in [-0.15, -0.1) is 11.3 Å². The van der Waals surface area contributed by atoms with Gasteiger partial charge >= 0.3 is 6.03 Å². The molecular formula is C12H16N4O3S. The fraction of sp³-hybridized carbons (Fsp3) is 0.500. The zero-order valence-electron chi connectivity index (χ0n) is 11.1. The number of carbonyl (C=O) groups excluding carboxylic acids is 3. The minimum Gasteiger partial charge on any atom is -0.355 e. The molecule has 0 aromatic carbocycles. The Bertz CT molecular complexity index is 513. The monoisotopic (exact) mass is 296 g/mol. The number of thiazole rings is 1. The van der Waals surface area contributed by atoms with Gasteiger partial charge in [0.15, 0.2) is 0 Å². The van der Waals surface area contributed by atoms with Gasteiger partial charge in [-0.25, -0.2) is 9.78 Å². The van der Waals surface area contributed by atoms with Crippen molar-refractivity contribution in [1.29, 1.82) is 0 Å². The second-order valence-corrected chi connectivity index (χ2v) is 5.42. The zero-order chi connectivity index (χ0) is 14.5. The molecule has 1 aliphatic heterocycles. The van der Waals surface area contributed by atoms with Gasteiger partial charge < -0.3 is 10.6 Å². The normalized spacial score (nSPS) is 14.6. The second kappa shape index (κ2) is 6.47. The van der Waals surface area contributed by atoms with Gasteiger partial charge in [-0.2, -0.15) is 0 Å². The fourth-order valence-corrected chi connectivity index (χ4v) is 2.62. The van der Waals surface area contributed by atoms with Crippen molar-refractivity contribution in [2.75, 3.05) is 19.6 Å². The van der Waals surface area contributed by atoms with Crippen LogP contribution >= 0.6 is 11.3 Å². The summed E-state index contributed by atoms with van der Waals surface area (Å²) in [4.78, 5) is 39.4. The van der Waals surface area contributed by atoms with Crippen molar-refractivity contribution in [2.45, 2.75) is 19.8 Å². The second-order valence-electron chi connectivity index (χ2n) is 4.47. The number of amides is 4. The van der Waals surface area contributed by atoms with E-state index in [-0.39, 0.29) is 24.9 Å². The van der Waals surface area contributed by atoms with E-state index in [2.05, 4.69) is 15.6 Å². The number of nitrogens with one attached hydrogen (secondary N) is 2. The molecule has 2 N–H and O–H groups in total. The highest BCUT2D eigenvalue weighted by molar-refractivity contribution is 7.09. The lowest BCUT2D eigenvalue weighted by atomic mass is 10.3. The molecule has 2 heterocycles. The molecule has 0 atom stereocenters. The molecule has 0 radical (unpaired) electrons. The van der Waals surface area contributed by atoms with Crippen LogP contribution in [-0.4, -0.2) is 47.4 Å². The van der Waals surface area contributed by atoms with Gasteiger partial charge in [-0.3, -0.25) is 14.5 Å². The standard InChI is InChI=1S/C12H16N4O3S/c1-8-7-20-10(15-8)3-2-4-13-9(17)6-16-11(18)5-14-12(16)19/h7H,2-6H2,1H3,(H,13,17)(H,14,19). The Morgan fingerprint density at radius 2 is 2.35 bits per heavy atom. The van der Waals surface area contributed by atoms with Gasteiger partial charge in [-0.05, 0) is 13.3 Å². The van der Waals surface area contributed by atoms with Crippen LogP contribution in [0.5, 0.6) is 0 Å². The maximum Gasteiger partial charge on any atom is 0.325 e. The number of aryl methyl sites for hydroxylation is 2. The molecule has 0 aliphatic carbocycles. The first-order valence-corrected chi connectivity index (χ1v) is 7.20. The third kappa shape index (κ3) is 3.77. The van der Waals surface area contributed by atoms with Gasteiger partial charge in [0, 0.05) is 24.0 Å². The number of carbonyl (C=O) groups is 3. The Kier molecular flexibility index (Phi) is 4.67. The van der Waals surface area contributed by atoms with Gasteiger partial charge in [0.05, 0.1) is 11.6 Å². The van der Waals surface area contributed by atoms with Crippen molar-refractivity contribution >= 4 is 29.2 Å². The Morgan fingerprint density at radius 1 is 1.55 bits per heavy atom. The van der Waals surface area contributed by atoms with Crippen LogP contribution in [0.3, 0.4) is 0 Å². The van der Waals surface area contributed by atoms with Crippen LogP contribution in [0.25, 0.3) is 0 Å². The molecule has 20 heavy (non-hydrogen) atoms. The average molecular weight is 296 g/mol. The van der Waals surface area contributed by atoms with Crippen molar-refractivity contribution in [1.82, 2.24) is 20.5 Å². The van der Waals surface area contributed by atoms with Crippen LogP contribution in [-0.2, 0) is 16.0 Å². The molecule has 4 amide bonds. The molecule has 0 bridgehead atoms. The third-order valence-electron chi connectivity index (χ3n) is 2.79. The lowest BCUT2D eigenvalue weighted by Gasteiger charge is -2.11. The van der Waals surface area contributed by atoms with E-state index < -0.39 is 6.03 Å². The summed E-state index contributed by atoms with van der Waals surface area (Å²) in [5.74, 6) is -0.700. The highest BCUT2D eigenvalue weighted by Crippen LogP contribution is 2.10. The Hall–Kier alpha value is -1.96. The van der Waals surface area contributed by atoms with Crippen LogP contribution in [0.1, 0.15) is 17.1 Å². The first-order valence-electron chi connectivity index (χ1n) is 6.32. The third-order valence-corrected chi connectivity index (χ3v) is 3.82. The minimum atomic E-state index is -0.511. The number of hydrogen-bond donors (Lipinski definition) is 2. The van der Waals surface area contributed by atoms with Crippen LogP contribution in [0, 0.1) is 6.92 Å². The van der Waals surface area contributed by atoms with E-state index in [0.29, 0.717) is 6.54 Å². The summed E-state index contributed by atoms with van der Waals surface area (Å²) in [5, 5.41) is 8.10. The van der Waals surface area contributed by atoms with E-state index in [4.69, 9.17) is 0 Å². The molecule has 0 saturated carbocycles. The molecular weight excluding hydrogens is 280 g/mol. The predicted octanol–water partition coefficient (Wildman–Crippen LogP) is 0.0521. The van der Waals surface area contributed by atoms with E-state index in [9.17, 15) is 14.4 Å². The summed E-state index contributed by atoms with van der Waals surface area (Å²) >= 11 is 1.61. The molecule has 7 nitrogen and oxygen atoms in total. The van der Waals surface area contributed by atoms with E-state index >= 15 is 0 Å². The fourth-order valence-electron chi connectivity index (χ4n) is 1.80. The van der Waals surface area contributed by atoms with Crippen molar-refractivity contribution < 1.29 is 14.4 Å². The highest BCUT2D eigenvalue weighted by Gasteiger charge is 2.29. The van der Waals surface area contributed by atoms with Gasteiger partial charge in [0.2, 0.25) is 5.91 Å². The molecule has 108 valence electrons. The van der Waals surface area contributed by atoms with Crippen LogP contribution < -0.4 is 10.6 Å². The molecule has 2 rings (SSSR count). The maximum absolute atomic E-state index is 11.6. The van der Waals surface area contributed by atoms with Crippen LogP contribution in [0.15, 0.2) is 5.38 Å². The predicted molar refractivity (Wildman–Crippen MR) is 73.3 cm³/mol.